The topological polar surface area (TPSA) is 0 Å². The van der Waals surface area contributed by atoms with Crippen LogP contribution in [-0.4, -0.2) is 5.25 Å². The van der Waals surface area contributed by atoms with E-state index in [1.165, 1.54) is 119 Å². The highest BCUT2D eigenvalue weighted by molar-refractivity contribution is 7.81. The summed E-state index contributed by atoms with van der Waals surface area (Å²) < 4.78 is 0. The molecule has 0 aliphatic heterocycles. The Morgan fingerprint density at radius 1 is 0.615 bits per heavy atom. The summed E-state index contributed by atoms with van der Waals surface area (Å²) >= 11 is 5.63. The SMILES string of the molecule is CCC1C2C(S)C(C)C3C4C5C6C7C8C(C9C(C1(C)C)C23C49C58)C1C2C3CC4CC4C4C5C4C34C5C3C6C71C234. The fraction of sp³-hybridized carbons (Fsp3) is 1.00. The van der Waals surface area contributed by atoms with Crippen LogP contribution in [0, 0.1) is 175 Å². The van der Waals surface area contributed by atoms with Gasteiger partial charge in [0.05, 0.1) is 0 Å². The molecule has 0 aromatic rings. The van der Waals surface area contributed by atoms with Gasteiger partial charge in [0.2, 0.25) is 0 Å². The molecule has 5 spiro atoms. The summed E-state index contributed by atoms with van der Waals surface area (Å²) in [5.74, 6) is 29.1. The van der Waals surface area contributed by atoms with E-state index in [-0.39, 0.29) is 0 Å². The Bertz CT molecular complexity index is 1560. The highest BCUT2D eigenvalue weighted by Gasteiger charge is 3.20. The number of hydrogen-bond acceptors (Lipinski definition) is 1. The van der Waals surface area contributed by atoms with E-state index in [4.69, 9.17) is 12.6 Å². The highest BCUT2D eigenvalue weighted by atomic mass is 32.1. The van der Waals surface area contributed by atoms with Gasteiger partial charge in [0, 0.05) is 5.25 Å². The third-order valence-electron chi connectivity index (χ3n) is 24.1. The molecule has 0 radical (unpaired) electrons. The minimum atomic E-state index is 0.583. The summed E-state index contributed by atoms with van der Waals surface area (Å²) in [5, 5.41) is 0.717. The summed E-state index contributed by atoms with van der Waals surface area (Å²) in [6, 6.07) is 0. The molecule has 17 fully saturated rings. The van der Waals surface area contributed by atoms with Crippen molar-refractivity contribution in [1.29, 1.82) is 0 Å². The third kappa shape index (κ3) is 0.931. The molecule has 39 heavy (non-hydrogen) atoms. The van der Waals surface area contributed by atoms with E-state index < -0.39 is 0 Å². The monoisotopic (exact) mass is 532 g/mol. The van der Waals surface area contributed by atoms with Crippen LogP contribution in [0.3, 0.4) is 0 Å². The van der Waals surface area contributed by atoms with Gasteiger partial charge in [-0.2, -0.15) is 12.6 Å². The molecule has 17 aliphatic carbocycles. The first-order valence-electron chi connectivity index (χ1n) is 18.6. The molecular formula is C38H44S. The predicted octanol–water partition coefficient (Wildman–Crippen LogP) is 6.47. The molecule has 17 saturated carbocycles. The first-order valence-corrected chi connectivity index (χ1v) is 19.1. The Balaban J connectivity index is 0.937. The van der Waals surface area contributed by atoms with Crippen LogP contribution in [0.15, 0.2) is 0 Å². The molecular weight excluding hydrogens is 488 g/mol. The minimum Gasteiger partial charge on any atom is -0.175 e. The van der Waals surface area contributed by atoms with Crippen LogP contribution in [-0.2, 0) is 0 Å². The van der Waals surface area contributed by atoms with Crippen molar-refractivity contribution in [3.8, 4) is 0 Å². The van der Waals surface area contributed by atoms with E-state index >= 15 is 0 Å². The fourth-order valence-corrected chi connectivity index (χ4v) is 27.3. The fourth-order valence-electron chi connectivity index (χ4n) is 26.7. The van der Waals surface area contributed by atoms with Crippen molar-refractivity contribution < 1.29 is 0 Å². The van der Waals surface area contributed by atoms with Gasteiger partial charge in [-0.1, -0.05) is 34.1 Å². The van der Waals surface area contributed by atoms with Crippen molar-refractivity contribution in [1.82, 2.24) is 0 Å². The predicted molar refractivity (Wildman–Crippen MR) is 148 cm³/mol. The Hall–Kier alpha value is 0.350. The van der Waals surface area contributed by atoms with Crippen LogP contribution < -0.4 is 0 Å². The zero-order valence-electron chi connectivity index (χ0n) is 24.0. The van der Waals surface area contributed by atoms with E-state index in [1.54, 1.807) is 12.8 Å². The van der Waals surface area contributed by atoms with Crippen LogP contribution in [0.4, 0.5) is 0 Å². The molecule has 30 unspecified atom stereocenters. The van der Waals surface area contributed by atoms with Crippen LogP contribution in [0.25, 0.3) is 0 Å². The molecule has 0 aromatic heterocycles. The van der Waals surface area contributed by atoms with Crippen LogP contribution >= 0.6 is 12.6 Å². The first kappa shape index (κ1) is 18.9. The summed E-state index contributed by atoms with van der Waals surface area (Å²) in [7, 11) is 0. The van der Waals surface area contributed by atoms with Crippen molar-refractivity contribution in [3.05, 3.63) is 0 Å². The zero-order chi connectivity index (χ0) is 24.6. The van der Waals surface area contributed by atoms with Gasteiger partial charge in [-0.15, -0.1) is 0 Å². The zero-order valence-corrected chi connectivity index (χ0v) is 24.9. The Morgan fingerprint density at radius 3 is 2.08 bits per heavy atom. The quantitative estimate of drug-likeness (QED) is 0.368. The lowest BCUT2D eigenvalue weighted by atomic mass is 8.93. The van der Waals surface area contributed by atoms with Crippen molar-refractivity contribution >= 4 is 12.6 Å². The molecule has 202 valence electrons. The second kappa shape index (κ2) is 4.09. The van der Waals surface area contributed by atoms with Crippen LogP contribution in [0.5, 0.6) is 0 Å². The van der Waals surface area contributed by atoms with E-state index in [2.05, 4.69) is 27.7 Å². The minimum absolute atomic E-state index is 0.583. The molecule has 0 N–H and O–H groups in total. The number of rotatable bonds is 1. The van der Waals surface area contributed by atoms with Gasteiger partial charge >= 0.3 is 0 Å². The molecule has 0 amide bonds. The Morgan fingerprint density at radius 2 is 1.26 bits per heavy atom. The van der Waals surface area contributed by atoms with Crippen molar-refractivity contribution in [2.75, 3.05) is 0 Å². The van der Waals surface area contributed by atoms with Gasteiger partial charge in [-0.3, -0.25) is 0 Å². The van der Waals surface area contributed by atoms with Crippen LogP contribution in [0.2, 0.25) is 0 Å². The van der Waals surface area contributed by atoms with Gasteiger partial charge in [0.15, 0.2) is 0 Å². The molecule has 1 heteroatoms. The summed E-state index contributed by atoms with van der Waals surface area (Å²) in [6.45, 7) is 11.0. The Labute approximate surface area is 238 Å². The maximum Gasteiger partial charge on any atom is 0.00822 e. The second-order valence-electron chi connectivity index (χ2n) is 21.5. The average Bonchev–Trinajstić information content (AvgIpc) is 3.61. The molecule has 30 atom stereocenters. The maximum absolute atomic E-state index is 5.63. The molecule has 0 saturated heterocycles. The maximum atomic E-state index is 5.63. The molecule has 0 heterocycles. The first-order chi connectivity index (χ1) is 18.9. The van der Waals surface area contributed by atoms with Crippen molar-refractivity contribution in [2.24, 2.45) is 175 Å². The van der Waals surface area contributed by atoms with Gasteiger partial charge in [-0.05, 0) is 187 Å². The van der Waals surface area contributed by atoms with E-state index in [0.717, 1.165) is 56.7 Å². The lowest BCUT2D eigenvalue weighted by Gasteiger charge is -3.10. The molecule has 0 nitrogen and oxygen atoms in total. The molecule has 17 aliphatic rings. The lowest BCUT2D eigenvalue weighted by Crippen LogP contribution is -3.08. The number of thiol groups is 1. The van der Waals surface area contributed by atoms with E-state index in [9.17, 15) is 0 Å². The third-order valence-corrected chi connectivity index (χ3v) is 24.9. The summed E-state index contributed by atoms with van der Waals surface area (Å²) in [4.78, 5) is 0. The smallest absolute Gasteiger partial charge is 0.00822 e. The normalized spacial score (nSPS) is 98.2. The summed E-state index contributed by atoms with van der Waals surface area (Å²) in [6.07, 6.45) is 4.89. The molecule has 17 rings (SSSR count). The lowest BCUT2D eigenvalue weighted by molar-refractivity contribution is -0.648. The second-order valence-corrected chi connectivity index (χ2v) is 22.1. The van der Waals surface area contributed by atoms with Gasteiger partial charge in [0.1, 0.15) is 0 Å². The van der Waals surface area contributed by atoms with Crippen LogP contribution in [0.1, 0.15) is 47.0 Å². The number of hydrogen-bond donors (Lipinski definition) is 1. The highest BCUT2D eigenvalue weighted by Crippen LogP contribution is 3.23. The standard InChI is InChI=1S/C38H44S/c1-5-11-21-31(39)8(2)19-25-16-17-24-15-18(29-32(33(11,3)4)37(19,21)35(25,29)23(15)16)26-20-12-7-9-6-10(9)13-14-22(13)34(12)27(14)30-28(17)36(24,26)38(20,30)34/h8-32,39H,5-7H2,1-4H3. The molecule has 0 bridgehead atoms. The van der Waals surface area contributed by atoms with Crippen molar-refractivity contribution in [2.45, 2.75) is 52.2 Å². The van der Waals surface area contributed by atoms with E-state index in [0.29, 0.717) is 10.7 Å². The molecule has 0 aromatic carbocycles. The number of fused-ring (bicyclic) bond motifs is 15. The average molecular weight is 533 g/mol. The van der Waals surface area contributed by atoms with Gasteiger partial charge in [-0.25, -0.2) is 0 Å². The van der Waals surface area contributed by atoms with Gasteiger partial charge in [0.25, 0.3) is 0 Å². The Kier molecular flexibility index (Phi) is 1.98. The van der Waals surface area contributed by atoms with Crippen molar-refractivity contribution in [3.63, 3.8) is 0 Å². The largest absolute Gasteiger partial charge is 0.175 e. The van der Waals surface area contributed by atoms with E-state index in [1.807, 2.05) is 0 Å². The van der Waals surface area contributed by atoms with Gasteiger partial charge < -0.3 is 0 Å². The summed E-state index contributed by atoms with van der Waals surface area (Å²) in [5.41, 5.74) is 5.24.